The van der Waals surface area contributed by atoms with Crippen molar-refractivity contribution in [3.05, 3.63) is 173 Å². The van der Waals surface area contributed by atoms with Crippen LogP contribution in [-0.4, -0.2) is 33.0 Å². The number of hydrogen-bond acceptors (Lipinski definition) is 8. The lowest BCUT2D eigenvalue weighted by Crippen LogP contribution is -2.24. The van der Waals surface area contributed by atoms with Gasteiger partial charge in [-0.25, -0.2) is 16.8 Å². The van der Waals surface area contributed by atoms with E-state index in [0.29, 0.717) is 5.56 Å². The van der Waals surface area contributed by atoms with Gasteiger partial charge in [0.2, 0.25) is 0 Å². The maximum absolute atomic E-state index is 11.9. The topological polar surface area (TPSA) is 121 Å². The zero-order valence-corrected chi connectivity index (χ0v) is 33.7. The SMILES string of the molecule is C=C(/C=C/C1=C(N(c2ccccc2)c2ccccc2)C(=C/C=C2\N(C)c3ccc(S(=O)(=O)[O-])cc3C2(C)C)/CCC1)C(C)(C)c1cc(S(=O)(=O)[O-])ccc1C. The van der Waals surface area contributed by atoms with Gasteiger partial charge in [0.05, 0.1) is 15.5 Å². The molecule has 0 radical (unpaired) electrons. The van der Waals surface area contributed by atoms with Crippen molar-refractivity contribution in [1.29, 1.82) is 0 Å². The molecule has 0 saturated carbocycles. The van der Waals surface area contributed by atoms with Crippen molar-refractivity contribution in [3.63, 3.8) is 0 Å². The van der Waals surface area contributed by atoms with E-state index in [9.17, 15) is 25.9 Å². The number of aryl methyl sites for hydroxylation is 1. The van der Waals surface area contributed by atoms with Crippen LogP contribution in [-0.2, 0) is 31.1 Å². The summed E-state index contributed by atoms with van der Waals surface area (Å²) in [5.74, 6) is 0. The molecule has 4 aromatic rings. The molecule has 1 heterocycles. The molecule has 55 heavy (non-hydrogen) atoms. The van der Waals surface area contributed by atoms with Crippen molar-refractivity contribution in [2.75, 3.05) is 16.8 Å². The van der Waals surface area contributed by atoms with E-state index in [-0.39, 0.29) is 9.79 Å². The highest BCUT2D eigenvalue weighted by Gasteiger charge is 2.39. The number of para-hydroxylation sites is 2. The van der Waals surface area contributed by atoms with E-state index in [1.165, 1.54) is 24.3 Å². The number of allylic oxidation sites excluding steroid dienone is 8. The lowest BCUT2D eigenvalue weighted by molar-refractivity contribution is 0.460. The Morgan fingerprint density at radius 3 is 1.96 bits per heavy atom. The molecule has 0 atom stereocenters. The third-order valence-corrected chi connectivity index (χ3v) is 12.6. The Hall–Kier alpha value is -5.00. The van der Waals surface area contributed by atoms with Gasteiger partial charge < -0.3 is 18.9 Å². The molecule has 1 aliphatic heterocycles. The van der Waals surface area contributed by atoms with Crippen LogP contribution in [0.25, 0.3) is 0 Å². The minimum absolute atomic E-state index is 0.245. The van der Waals surface area contributed by atoms with E-state index in [2.05, 4.69) is 54.0 Å². The quantitative estimate of drug-likeness (QED) is 0.115. The molecule has 2 aliphatic rings. The predicted molar refractivity (Wildman–Crippen MR) is 218 cm³/mol. The summed E-state index contributed by atoms with van der Waals surface area (Å²) >= 11 is 0. The molecule has 6 rings (SSSR count). The molecule has 10 heteroatoms. The second-order valence-corrected chi connectivity index (χ2v) is 18.0. The molecule has 1 aliphatic carbocycles. The van der Waals surface area contributed by atoms with Gasteiger partial charge in [0.1, 0.15) is 20.2 Å². The Kier molecular flexibility index (Phi) is 10.8. The van der Waals surface area contributed by atoms with Gasteiger partial charge >= 0.3 is 0 Å². The van der Waals surface area contributed by atoms with Gasteiger partial charge in [-0.1, -0.05) is 95.0 Å². The van der Waals surface area contributed by atoms with Crippen LogP contribution < -0.4 is 9.80 Å². The van der Waals surface area contributed by atoms with Crippen molar-refractivity contribution >= 4 is 37.3 Å². The molecule has 0 fully saturated rings. The van der Waals surface area contributed by atoms with Gasteiger partial charge in [-0.05, 0) is 120 Å². The van der Waals surface area contributed by atoms with E-state index in [1.54, 1.807) is 12.1 Å². The first-order valence-electron chi connectivity index (χ1n) is 18.2. The standard InChI is InChI=1S/C45H48N2O6S2/c1-31-21-25-37(54(48,49)50)29-39(31)44(3,4)32(2)22-23-33-15-14-16-34(43(33)47(35-17-10-8-11-18-35)36-19-12-9-13-20-36)24-28-42-45(5,6)40-30-38(55(51,52)53)26-27-41(40)46(42)7/h8-13,17-30H,2,14-16H2,1,3-7H3,(H,48,49,50)(H,51,52,53)/p-2/b23-22+,34-24+,42-28-. The third kappa shape index (κ3) is 7.91. The second-order valence-electron chi connectivity index (χ2n) is 15.2. The van der Waals surface area contributed by atoms with E-state index in [4.69, 9.17) is 0 Å². The minimum atomic E-state index is -4.64. The van der Waals surface area contributed by atoms with Gasteiger partial charge in [0.15, 0.2) is 0 Å². The molecule has 0 aromatic heterocycles. The molecule has 8 nitrogen and oxygen atoms in total. The summed E-state index contributed by atoms with van der Waals surface area (Å²) in [6, 6.07) is 29.4. The van der Waals surface area contributed by atoms with Crippen LogP contribution in [0.4, 0.5) is 17.1 Å². The monoisotopic (exact) mass is 774 g/mol. The summed E-state index contributed by atoms with van der Waals surface area (Å²) in [6.45, 7) is 14.4. The van der Waals surface area contributed by atoms with Crippen LogP contribution in [0.15, 0.2) is 166 Å². The molecule has 0 N–H and O–H groups in total. The average molecular weight is 775 g/mol. The van der Waals surface area contributed by atoms with Crippen molar-refractivity contribution in [1.82, 2.24) is 0 Å². The van der Waals surface area contributed by atoms with Crippen molar-refractivity contribution in [2.45, 2.75) is 74.5 Å². The van der Waals surface area contributed by atoms with Crippen LogP contribution in [0.5, 0.6) is 0 Å². The van der Waals surface area contributed by atoms with E-state index in [1.807, 2.05) is 89.0 Å². The van der Waals surface area contributed by atoms with Gasteiger partial charge in [0.25, 0.3) is 0 Å². The van der Waals surface area contributed by atoms with E-state index >= 15 is 0 Å². The Morgan fingerprint density at radius 1 is 0.818 bits per heavy atom. The average Bonchev–Trinajstić information content (AvgIpc) is 3.33. The number of anilines is 3. The first-order valence-corrected chi connectivity index (χ1v) is 21.0. The summed E-state index contributed by atoms with van der Waals surface area (Å²) < 4.78 is 71.6. The van der Waals surface area contributed by atoms with Gasteiger partial charge in [-0.2, -0.15) is 0 Å². The van der Waals surface area contributed by atoms with Crippen LogP contribution in [0, 0.1) is 6.92 Å². The molecule has 0 amide bonds. The molecule has 286 valence electrons. The number of fused-ring (bicyclic) bond motifs is 1. The molecular formula is C45H46N2O6S2-2. The van der Waals surface area contributed by atoms with Crippen LogP contribution in [0.3, 0.4) is 0 Å². The first-order chi connectivity index (χ1) is 25.8. The van der Waals surface area contributed by atoms with Crippen LogP contribution in [0.1, 0.15) is 63.6 Å². The van der Waals surface area contributed by atoms with E-state index < -0.39 is 31.1 Å². The Balaban J connectivity index is 1.50. The summed E-state index contributed by atoms with van der Waals surface area (Å²) in [4.78, 5) is 3.81. The lowest BCUT2D eigenvalue weighted by Gasteiger charge is -2.34. The fraction of sp³-hybridized carbons (Fsp3) is 0.244. The second kappa shape index (κ2) is 14.9. The number of nitrogens with zero attached hydrogens (tertiary/aromatic N) is 2. The number of likely N-dealkylation sites (N-methyl/N-ethyl adjacent to an activating group) is 1. The highest BCUT2D eigenvalue weighted by Crippen LogP contribution is 2.48. The summed E-state index contributed by atoms with van der Waals surface area (Å²) in [5.41, 5.74) is 8.77. The molecular weight excluding hydrogens is 729 g/mol. The number of benzene rings is 4. The van der Waals surface area contributed by atoms with Crippen molar-refractivity contribution in [3.8, 4) is 0 Å². The molecule has 0 spiro atoms. The first kappa shape index (κ1) is 39.7. The highest BCUT2D eigenvalue weighted by molar-refractivity contribution is 7.86. The third-order valence-electron chi connectivity index (χ3n) is 10.9. The maximum Gasteiger partial charge on any atom is 0.124 e. The predicted octanol–water partition coefficient (Wildman–Crippen LogP) is 9.71. The number of hydrogen-bond donors (Lipinski definition) is 0. The molecule has 0 saturated heterocycles. The Morgan fingerprint density at radius 2 is 1.38 bits per heavy atom. The maximum atomic E-state index is 11.9. The van der Waals surface area contributed by atoms with Crippen molar-refractivity contribution in [2.24, 2.45) is 0 Å². The zero-order valence-electron chi connectivity index (χ0n) is 32.0. The Bertz CT molecular complexity index is 2460. The molecule has 0 bridgehead atoms. The number of rotatable bonds is 10. The zero-order chi connectivity index (χ0) is 39.9. The van der Waals surface area contributed by atoms with Crippen LogP contribution >= 0.6 is 0 Å². The summed E-state index contributed by atoms with van der Waals surface area (Å²) in [7, 11) is -7.31. The Labute approximate surface area is 326 Å². The molecule has 0 unspecified atom stereocenters. The van der Waals surface area contributed by atoms with Gasteiger partial charge in [-0.3, -0.25) is 0 Å². The van der Waals surface area contributed by atoms with Gasteiger partial charge in [0, 0.05) is 40.6 Å². The largest absolute Gasteiger partial charge is 0.744 e. The molecule has 4 aromatic carbocycles. The minimum Gasteiger partial charge on any atom is -0.744 e. The fourth-order valence-corrected chi connectivity index (χ4v) is 8.74. The lowest BCUT2D eigenvalue weighted by atomic mass is 9.76. The fourth-order valence-electron chi connectivity index (χ4n) is 7.75. The highest BCUT2D eigenvalue weighted by atomic mass is 32.2. The van der Waals surface area contributed by atoms with Crippen molar-refractivity contribution < 1.29 is 25.9 Å². The van der Waals surface area contributed by atoms with Crippen LogP contribution in [0.2, 0.25) is 0 Å². The smallest absolute Gasteiger partial charge is 0.124 e. The summed E-state index contributed by atoms with van der Waals surface area (Å²) in [6.07, 6.45) is 10.8. The van der Waals surface area contributed by atoms with E-state index in [0.717, 1.165) is 75.6 Å². The normalized spacial score (nSPS) is 17.6. The van der Waals surface area contributed by atoms with Gasteiger partial charge in [-0.15, -0.1) is 0 Å². The summed E-state index contributed by atoms with van der Waals surface area (Å²) in [5, 5.41) is 0.